The molecule has 8 heteroatoms. The van der Waals surface area contributed by atoms with Crippen LogP contribution < -0.4 is 0 Å². The molecular weight excluding hydrogens is 426 g/mol. The Morgan fingerprint density at radius 3 is 2.73 bits per heavy atom. The molecule has 5 saturated carbocycles. The van der Waals surface area contributed by atoms with Gasteiger partial charge in [-0.3, -0.25) is 9.69 Å². The van der Waals surface area contributed by atoms with Crippen LogP contribution in [0, 0.1) is 34.5 Å². The summed E-state index contributed by atoms with van der Waals surface area (Å²) in [6, 6.07) is -0.118. The van der Waals surface area contributed by atoms with Crippen molar-refractivity contribution >= 4 is 5.78 Å². The number of Topliss-reactive ketones (excluding diaryl/α,β-unsaturated/α-hetero) is 1. The summed E-state index contributed by atoms with van der Waals surface area (Å²) in [5.41, 5.74) is -2.65. The number of ketones is 1. The maximum absolute atomic E-state index is 14.9. The van der Waals surface area contributed by atoms with Crippen molar-refractivity contribution < 1.29 is 33.6 Å². The molecule has 0 aromatic rings. The molecule has 7 bridgehead atoms. The lowest BCUT2D eigenvalue weighted by molar-refractivity contribution is -0.285. The number of methoxy groups -OCH3 is 3. The highest BCUT2D eigenvalue weighted by Gasteiger charge is 2.93. The van der Waals surface area contributed by atoms with Gasteiger partial charge >= 0.3 is 0 Å². The van der Waals surface area contributed by atoms with Crippen molar-refractivity contribution in [3.8, 4) is 0 Å². The molecule has 0 aromatic carbocycles. The van der Waals surface area contributed by atoms with Crippen LogP contribution in [0.4, 0.5) is 0 Å². The Morgan fingerprint density at radius 1 is 1.21 bits per heavy atom. The molecule has 7 fully saturated rings. The highest BCUT2D eigenvalue weighted by Crippen LogP contribution is 2.81. The van der Waals surface area contributed by atoms with Crippen molar-refractivity contribution in [2.45, 2.75) is 68.2 Å². The van der Waals surface area contributed by atoms with E-state index in [0.29, 0.717) is 13.0 Å². The molecule has 0 radical (unpaired) electrons. The third-order valence-corrected chi connectivity index (χ3v) is 11.5. The van der Waals surface area contributed by atoms with Crippen LogP contribution in [-0.4, -0.2) is 99.2 Å². The van der Waals surface area contributed by atoms with Gasteiger partial charge in [-0.1, -0.05) is 6.92 Å². The minimum absolute atomic E-state index is 0.0489. The zero-order chi connectivity index (χ0) is 23.0. The topological polar surface area (TPSA) is 86.7 Å². The van der Waals surface area contributed by atoms with E-state index in [4.69, 9.17) is 23.7 Å². The van der Waals surface area contributed by atoms with Crippen molar-refractivity contribution in [2.24, 2.45) is 34.5 Å². The summed E-state index contributed by atoms with van der Waals surface area (Å²) in [7, 11) is 5.27. The Hall–Kier alpha value is -0.610. The normalized spacial score (nSPS) is 60.3. The molecule has 0 aromatic heterocycles. The van der Waals surface area contributed by atoms with E-state index in [0.717, 1.165) is 32.4 Å². The quantitative estimate of drug-likeness (QED) is 0.642. The average Bonchev–Trinajstić information content (AvgIpc) is 3.35. The second-order valence-corrected chi connectivity index (χ2v) is 11.9. The summed E-state index contributed by atoms with van der Waals surface area (Å²) in [4.78, 5) is 17.4. The Labute approximate surface area is 195 Å². The van der Waals surface area contributed by atoms with Crippen LogP contribution >= 0.6 is 0 Å². The summed E-state index contributed by atoms with van der Waals surface area (Å²) in [5.74, 6) is -0.0147. The van der Waals surface area contributed by atoms with Gasteiger partial charge in [-0.2, -0.15) is 0 Å². The molecule has 8 nitrogen and oxygen atoms in total. The number of rotatable bonds is 5. The lowest BCUT2D eigenvalue weighted by Gasteiger charge is -2.69. The SMILES string of the molecule is CCN1C[C@]2(COC)CC[C@H](OC)[C@@]34[C@@H]5C[C@H]6[C@H](O)[C@@H]5[C@@]5(C[C@@H]6OC)OCOC5(C(=O)[C@H]23)[C@@H]14. The molecule has 12 atom stereocenters. The maximum Gasteiger partial charge on any atom is 0.174 e. The number of aliphatic hydroxyl groups is 1. The van der Waals surface area contributed by atoms with Gasteiger partial charge in [0.25, 0.3) is 0 Å². The zero-order valence-electron chi connectivity index (χ0n) is 20.1. The van der Waals surface area contributed by atoms with E-state index in [1.807, 2.05) is 0 Å². The van der Waals surface area contributed by atoms with Gasteiger partial charge < -0.3 is 28.8 Å². The first kappa shape index (κ1) is 21.7. The van der Waals surface area contributed by atoms with Gasteiger partial charge in [0.2, 0.25) is 0 Å². The molecule has 2 heterocycles. The number of hydrogen-bond acceptors (Lipinski definition) is 8. The highest BCUT2D eigenvalue weighted by atomic mass is 16.7. The fraction of sp³-hybridized carbons (Fsp3) is 0.960. The highest BCUT2D eigenvalue weighted by molar-refractivity contribution is 5.98. The summed E-state index contributed by atoms with van der Waals surface area (Å²) in [5, 5.41) is 11.7. The van der Waals surface area contributed by atoms with Crippen molar-refractivity contribution in [1.29, 1.82) is 0 Å². The number of aliphatic hydroxyl groups excluding tert-OH is 1. The second kappa shape index (κ2) is 6.58. The fourth-order valence-electron chi connectivity index (χ4n) is 11.1. The number of ether oxygens (including phenoxy) is 5. The van der Waals surface area contributed by atoms with Gasteiger partial charge in [0.05, 0.1) is 31.0 Å². The summed E-state index contributed by atoms with van der Waals surface area (Å²) in [6.07, 6.45) is 2.47. The van der Waals surface area contributed by atoms with Crippen molar-refractivity contribution in [1.82, 2.24) is 4.90 Å². The van der Waals surface area contributed by atoms with E-state index in [9.17, 15) is 9.90 Å². The van der Waals surface area contributed by atoms with Crippen molar-refractivity contribution in [3.63, 3.8) is 0 Å². The molecule has 0 amide bonds. The Kier molecular flexibility index (Phi) is 4.32. The van der Waals surface area contributed by atoms with Crippen LogP contribution in [0.15, 0.2) is 0 Å². The molecule has 2 aliphatic heterocycles. The third-order valence-electron chi connectivity index (χ3n) is 11.5. The van der Waals surface area contributed by atoms with Gasteiger partial charge in [-0.15, -0.1) is 0 Å². The van der Waals surface area contributed by atoms with Gasteiger partial charge in [0.1, 0.15) is 12.4 Å². The molecule has 1 N–H and O–H groups in total. The number of fused-ring (bicyclic) bond motifs is 1. The average molecular weight is 464 g/mol. The Balaban J connectivity index is 1.56. The van der Waals surface area contributed by atoms with Crippen LogP contribution in [0.2, 0.25) is 0 Å². The monoisotopic (exact) mass is 463 g/mol. The molecule has 33 heavy (non-hydrogen) atoms. The zero-order valence-corrected chi connectivity index (χ0v) is 20.1. The number of carbonyl (C=O) groups excluding carboxylic acids is 1. The van der Waals surface area contributed by atoms with Gasteiger partial charge in [0.15, 0.2) is 11.4 Å². The standard InChI is InChI=1S/C25H37NO7/c1-5-26-10-22(11-29-2)7-6-16(31-4)24-14-8-13-15(30-3)9-23(17(14)18(13)27)25(21(24)26,33-12-32-23)20(28)19(22)24/h13-19,21,27H,5-12H2,1-4H3/t13-,14-,15+,16+,17-,18+,19-,21+,22+,23-,24+,25?/m1/s1. The molecule has 7 aliphatic rings. The van der Waals surface area contributed by atoms with Crippen LogP contribution in [0.1, 0.15) is 32.6 Å². The number of likely N-dealkylation sites (N-methyl/N-ethyl adjacent to an activating group) is 1. The van der Waals surface area contributed by atoms with E-state index in [2.05, 4.69) is 11.8 Å². The minimum atomic E-state index is -1.10. The first-order valence-corrected chi connectivity index (χ1v) is 12.7. The first-order valence-electron chi connectivity index (χ1n) is 12.7. The first-order chi connectivity index (χ1) is 15.9. The van der Waals surface area contributed by atoms with Crippen molar-refractivity contribution in [3.05, 3.63) is 0 Å². The van der Waals surface area contributed by atoms with Gasteiger partial charge in [-0.05, 0) is 31.7 Å². The summed E-state index contributed by atoms with van der Waals surface area (Å²) >= 11 is 0. The van der Waals surface area contributed by atoms with Crippen LogP contribution in [0.3, 0.4) is 0 Å². The van der Waals surface area contributed by atoms with Crippen LogP contribution in [-0.2, 0) is 28.5 Å². The largest absolute Gasteiger partial charge is 0.392 e. The predicted octanol–water partition coefficient (Wildman–Crippen LogP) is 0.845. The second-order valence-electron chi connectivity index (χ2n) is 11.9. The molecule has 3 spiro atoms. The predicted molar refractivity (Wildman–Crippen MR) is 115 cm³/mol. The molecule has 2 saturated heterocycles. The number of likely N-dealkylation sites (tertiary alicyclic amines) is 1. The molecule has 5 aliphatic carbocycles. The summed E-state index contributed by atoms with van der Waals surface area (Å²) in [6.45, 7) is 4.48. The Morgan fingerprint density at radius 2 is 2.03 bits per heavy atom. The third kappa shape index (κ3) is 1.93. The molecular formula is C25H37NO7. The molecule has 184 valence electrons. The summed E-state index contributed by atoms with van der Waals surface area (Å²) < 4.78 is 31.3. The van der Waals surface area contributed by atoms with Crippen molar-refractivity contribution in [2.75, 3.05) is 47.8 Å². The molecule has 1 unspecified atom stereocenters. The number of nitrogens with zero attached hydrogens (tertiary/aromatic N) is 1. The minimum Gasteiger partial charge on any atom is -0.392 e. The van der Waals surface area contributed by atoms with Gasteiger partial charge in [0, 0.05) is 62.9 Å². The van der Waals surface area contributed by atoms with Crippen LogP contribution in [0.5, 0.6) is 0 Å². The van der Waals surface area contributed by atoms with Crippen LogP contribution in [0.25, 0.3) is 0 Å². The lowest BCUT2D eigenvalue weighted by atomic mass is 9.42. The lowest BCUT2D eigenvalue weighted by Crippen LogP contribution is -2.81. The van der Waals surface area contributed by atoms with E-state index in [1.165, 1.54) is 0 Å². The maximum atomic E-state index is 14.9. The smallest absolute Gasteiger partial charge is 0.174 e. The number of hydrogen-bond donors (Lipinski definition) is 1. The van der Waals surface area contributed by atoms with E-state index >= 15 is 0 Å². The number of carbonyl (C=O) groups is 1. The number of piperidine rings is 1. The van der Waals surface area contributed by atoms with E-state index in [-0.39, 0.29) is 59.9 Å². The van der Waals surface area contributed by atoms with E-state index < -0.39 is 22.7 Å². The molecule has 7 rings (SSSR count). The van der Waals surface area contributed by atoms with Gasteiger partial charge in [-0.25, -0.2) is 0 Å². The van der Waals surface area contributed by atoms with E-state index in [1.54, 1.807) is 21.3 Å². The fourth-order valence-corrected chi connectivity index (χ4v) is 11.1. The Bertz CT molecular complexity index is 885.